The van der Waals surface area contributed by atoms with Gasteiger partial charge in [0.2, 0.25) is 5.91 Å². The minimum absolute atomic E-state index is 0.0925. The van der Waals surface area contributed by atoms with Crippen LogP contribution in [-0.2, 0) is 11.2 Å². The molecule has 0 spiro atoms. The topological polar surface area (TPSA) is 42.0 Å². The average Bonchev–Trinajstić information content (AvgIpc) is 2.42. The number of nitrogens with zero attached hydrogens (tertiary/aromatic N) is 1. The molecule has 0 atom stereocenters. The van der Waals surface area contributed by atoms with Gasteiger partial charge in [0.1, 0.15) is 0 Å². The van der Waals surface area contributed by atoms with Crippen molar-refractivity contribution in [2.75, 3.05) is 6.54 Å². The highest BCUT2D eigenvalue weighted by atomic mass is 16.1. The Labute approximate surface area is 120 Å². The standard InChI is InChI=1S/C17H22N2O/c1-17(2,3)12-18-16(20)11-10-14-9-8-13-6-4-5-7-15(13)19-14/h4-9H,10-12H2,1-3H3,(H,18,20). The largest absolute Gasteiger partial charge is 0.356 e. The number of aromatic nitrogens is 1. The number of rotatable bonds is 4. The second-order valence-electron chi connectivity index (χ2n) is 6.33. The number of aryl methyl sites for hydroxylation is 1. The highest BCUT2D eigenvalue weighted by molar-refractivity contribution is 5.79. The number of benzene rings is 1. The maximum absolute atomic E-state index is 11.8. The van der Waals surface area contributed by atoms with Gasteiger partial charge in [0.05, 0.1) is 5.52 Å². The summed E-state index contributed by atoms with van der Waals surface area (Å²) in [5.74, 6) is 0.0925. The van der Waals surface area contributed by atoms with Gasteiger partial charge in [-0.3, -0.25) is 9.78 Å². The first-order chi connectivity index (χ1) is 9.44. The number of pyridine rings is 1. The zero-order valence-corrected chi connectivity index (χ0v) is 12.4. The Morgan fingerprint density at radius 2 is 1.90 bits per heavy atom. The van der Waals surface area contributed by atoms with Crippen molar-refractivity contribution < 1.29 is 4.79 Å². The third kappa shape index (κ3) is 4.34. The van der Waals surface area contributed by atoms with Crippen LogP contribution in [0.4, 0.5) is 0 Å². The van der Waals surface area contributed by atoms with E-state index in [0.29, 0.717) is 19.4 Å². The van der Waals surface area contributed by atoms with Gasteiger partial charge in [-0.1, -0.05) is 45.0 Å². The number of hydrogen-bond donors (Lipinski definition) is 1. The Bertz CT molecular complexity index is 599. The van der Waals surface area contributed by atoms with Gasteiger partial charge in [-0.25, -0.2) is 0 Å². The molecule has 3 nitrogen and oxygen atoms in total. The Kier molecular flexibility index (Phi) is 4.38. The summed E-state index contributed by atoms with van der Waals surface area (Å²) < 4.78 is 0. The summed E-state index contributed by atoms with van der Waals surface area (Å²) in [5.41, 5.74) is 2.08. The van der Waals surface area contributed by atoms with Crippen LogP contribution in [0.5, 0.6) is 0 Å². The van der Waals surface area contributed by atoms with Gasteiger partial charge in [-0.2, -0.15) is 0 Å². The van der Waals surface area contributed by atoms with Crippen molar-refractivity contribution in [2.24, 2.45) is 5.41 Å². The van der Waals surface area contributed by atoms with Crippen molar-refractivity contribution in [2.45, 2.75) is 33.6 Å². The summed E-state index contributed by atoms with van der Waals surface area (Å²) in [6.45, 7) is 7.03. The molecular weight excluding hydrogens is 248 g/mol. The van der Waals surface area contributed by atoms with Crippen LogP contribution in [0.15, 0.2) is 36.4 Å². The summed E-state index contributed by atoms with van der Waals surface area (Å²) >= 11 is 0. The fourth-order valence-corrected chi connectivity index (χ4v) is 1.94. The fourth-order valence-electron chi connectivity index (χ4n) is 1.94. The van der Waals surface area contributed by atoms with E-state index in [0.717, 1.165) is 16.6 Å². The first-order valence-corrected chi connectivity index (χ1v) is 7.05. The molecule has 2 rings (SSSR count). The fraction of sp³-hybridized carbons (Fsp3) is 0.412. The lowest BCUT2D eigenvalue weighted by atomic mass is 9.97. The van der Waals surface area contributed by atoms with Gasteiger partial charge in [0.15, 0.2) is 0 Å². The molecule has 0 saturated heterocycles. The zero-order valence-electron chi connectivity index (χ0n) is 12.4. The SMILES string of the molecule is CC(C)(C)CNC(=O)CCc1ccc2ccccc2n1. The van der Waals surface area contributed by atoms with Crippen LogP contribution in [-0.4, -0.2) is 17.4 Å². The summed E-state index contributed by atoms with van der Waals surface area (Å²) in [7, 11) is 0. The molecule has 2 aromatic rings. The summed E-state index contributed by atoms with van der Waals surface area (Å²) in [6, 6.07) is 12.1. The number of para-hydroxylation sites is 1. The van der Waals surface area contributed by atoms with Crippen LogP contribution in [0.3, 0.4) is 0 Å². The molecule has 20 heavy (non-hydrogen) atoms. The van der Waals surface area contributed by atoms with Crippen LogP contribution in [0, 0.1) is 5.41 Å². The maximum atomic E-state index is 11.8. The van der Waals surface area contributed by atoms with Crippen molar-refractivity contribution in [3.63, 3.8) is 0 Å². The molecule has 106 valence electrons. The molecule has 1 N–H and O–H groups in total. The molecule has 1 heterocycles. The second kappa shape index (κ2) is 6.04. The van der Waals surface area contributed by atoms with Gasteiger partial charge >= 0.3 is 0 Å². The quantitative estimate of drug-likeness (QED) is 0.926. The summed E-state index contributed by atoms with van der Waals surface area (Å²) in [6.07, 6.45) is 1.17. The molecule has 0 fully saturated rings. The first-order valence-electron chi connectivity index (χ1n) is 7.05. The first kappa shape index (κ1) is 14.5. The van der Waals surface area contributed by atoms with Crippen molar-refractivity contribution in [3.05, 3.63) is 42.1 Å². The number of nitrogens with one attached hydrogen (secondary N) is 1. The summed E-state index contributed by atoms with van der Waals surface area (Å²) in [5, 5.41) is 4.10. The molecular formula is C17H22N2O. The molecule has 0 bridgehead atoms. The van der Waals surface area contributed by atoms with E-state index < -0.39 is 0 Å². The van der Waals surface area contributed by atoms with E-state index in [1.54, 1.807) is 0 Å². The predicted octanol–water partition coefficient (Wildman–Crippen LogP) is 3.33. The van der Waals surface area contributed by atoms with E-state index in [1.807, 2.05) is 30.3 Å². The normalized spacial score (nSPS) is 11.6. The van der Waals surface area contributed by atoms with Crippen LogP contribution >= 0.6 is 0 Å². The van der Waals surface area contributed by atoms with E-state index in [2.05, 4.69) is 37.1 Å². The lowest BCUT2D eigenvalue weighted by molar-refractivity contribution is -0.121. The highest BCUT2D eigenvalue weighted by Crippen LogP contribution is 2.13. The average molecular weight is 270 g/mol. The number of fused-ring (bicyclic) bond motifs is 1. The van der Waals surface area contributed by atoms with E-state index in [9.17, 15) is 4.79 Å². The van der Waals surface area contributed by atoms with E-state index in [-0.39, 0.29) is 11.3 Å². The van der Waals surface area contributed by atoms with Gasteiger partial charge < -0.3 is 5.32 Å². The third-order valence-corrected chi connectivity index (χ3v) is 3.08. The van der Waals surface area contributed by atoms with Crippen molar-refractivity contribution in [1.29, 1.82) is 0 Å². The van der Waals surface area contributed by atoms with E-state index >= 15 is 0 Å². The molecule has 0 aliphatic carbocycles. The minimum Gasteiger partial charge on any atom is -0.356 e. The molecule has 3 heteroatoms. The predicted molar refractivity (Wildman–Crippen MR) is 82.5 cm³/mol. The highest BCUT2D eigenvalue weighted by Gasteiger charge is 2.11. The van der Waals surface area contributed by atoms with Crippen LogP contribution in [0.2, 0.25) is 0 Å². The number of carbonyl (C=O) groups excluding carboxylic acids is 1. The molecule has 1 amide bonds. The molecule has 1 aromatic carbocycles. The Morgan fingerprint density at radius 3 is 2.65 bits per heavy atom. The van der Waals surface area contributed by atoms with Crippen LogP contribution < -0.4 is 5.32 Å². The molecule has 0 aliphatic heterocycles. The smallest absolute Gasteiger partial charge is 0.220 e. The van der Waals surface area contributed by atoms with Crippen molar-refractivity contribution in [3.8, 4) is 0 Å². The van der Waals surface area contributed by atoms with Crippen LogP contribution in [0.1, 0.15) is 32.9 Å². The number of hydrogen-bond acceptors (Lipinski definition) is 2. The lowest BCUT2D eigenvalue weighted by Gasteiger charge is -2.18. The molecule has 1 aromatic heterocycles. The Hall–Kier alpha value is -1.90. The third-order valence-electron chi connectivity index (χ3n) is 3.08. The molecule has 0 radical (unpaired) electrons. The maximum Gasteiger partial charge on any atom is 0.220 e. The van der Waals surface area contributed by atoms with Crippen molar-refractivity contribution in [1.82, 2.24) is 10.3 Å². The minimum atomic E-state index is 0.0925. The lowest BCUT2D eigenvalue weighted by Crippen LogP contribution is -2.32. The van der Waals surface area contributed by atoms with Gasteiger partial charge in [-0.15, -0.1) is 0 Å². The molecule has 0 unspecified atom stereocenters. The van der Waals surface area contributed by atoms with Gasteiger partial charge in [-0.05, 0) is 24.0 Å². The Morgan fingerprint density at radius 1 is 1.15 bits per heavy atom. The van der Waals surface area contributed by atoms with E-state index in [4.69, 9.17) is 0 Å². The number of carbonyl (C=O) groups is 1. The molecule has 0 saturated carbocycles. The zero-order chi connectivity index (χ0) is 14.6. The van der Waals surface area contributed by atoms with Gasteiger partial charge in [0.25, 0.3) is 0 Å². The van der Waals surface area contributed by atoms with Gasteiger partial charge in [0, 0.05) is 24.0 Å². The van der Waals surface area contributed by atoms with Crippen LogP contribution in [0.25, 0.3) is 10.9 Å². The molecule has 0 aliphatic rings. The monoisotopic (exact) mass is 270 g/mol. The number of amides is 1. The van der Waals surface area contributed by atoms with Crippen molar-refractivity contribution >= 4 is 16.8 Å². The second-order valence-corrected chi connectivity index (χ2v) is 6.33. The van der Waals surface area contributed by atoms with E-state index in [1.165, 1.54) is 0 Å². The summed E-state index contributed by atoms with van der Waals surface area (Å²) in [4.78, 5) is 16.4. The Balaban J connectivity index is 1.90.